The van der Waals surface area contributed by atoms with Gasteiger partial charge in [0.15, 0.2) is 0 Å². The summed E-state index contributed by atoms with van der Waals surface area (Å²) in [5, 5.41) is 0. The molecule has 0 unspecified atom stereocenters. The molecule has 0 spiro atoms. The molecule has 0 aromatic rings. The Kier molecular flexibility index (Phi) is 10.2. The van der Waals surface area contributed by atoms with Crippen molar-refractivity contribution < 1.29 is 31.1 Å². The van der Waals surface area contributed by atoms with Crippen molar-refractivity contribution >= 4 is 0 Å². The van der Waals surface area contributed by atoms with E-state index < -0.39 is 50.9 Å². The van der Waals surface area contributed by atoms with Crippen LogP contribution in [0.2, 0.25) is 0 Å². The van der Waals surface area contributed by atoms with Crippen LogP contribution in [-0.2, 0) is 4.74 Å². The lowest BCUT2D eigenvalue weighted by Gasteiger charge is -2.19. The molecule has 0 aliphatic rings. The molecule has 124 valence electrons. The molecule has 0 aliphatic heterocycles. The maximum Gasteiger partial charge on any atom is 0.104 e. The van der Waals surface area contributed by atoms with Crippen LogP contribution in [0, 0.1) is 10.8 Å². The van der Waals surface area contributed by atoms with E-state index >= 15 is 0 Å². The summed E-state index contributed by atoms with van der Waals surface area (Å²) < 4.78 is 80.0. The topological polar surface area (TPSA) is 9.23 Å². The maximum atomic E-state index is 12.5. The molecule has 0 radical (unpaired) electrons. The molecule has 0 aliphatic carbocycles. The first-order valence-electron chi connectivity index (χ1n) is 6.36. The van der Waals surface area contributed by atoms with E-state index in [1.807, 2.05) is 0 Å². The van der Waals surface area contributed by atoms with Crippen molar-refractivity contribution in [2.75, 3.05) is 53.3 Å². The average Bonchev–Trinajstić information content (AvgIpc) is 2.55. The molecule has 7 heteroatoms. The lowest BCUT2D eigenvalue weighted by molar-refractivity contribution is 0.156. The minimum absolute atomic E-state index is 0.0556. The Labute approximate surface area is 120 Å². The van der Waals surface area contributed by atoms with E-state index in [4.69, 9.17) is 4.74 Å². The summed E-state index contributed by atoms with van der Waals surface area (Å²) in [6.45, 7) is -7.10. The van der Waals surface area contributed by atoms with Gasteiger partial charge in [0.25, 0.3) is 0 Å². The molecule has 0 saturated carbocycles. The second-order valence-electron chi connectivity index (χ2n) is 4.87. The molecule has 21 heavy (non-hydrogen) atoms. The van der Waals surface area contributed by atoms with Crippen LogP contribution in [0.15, 0.2) is 24.3 Å². The van der Waals surface area contributed by atoms with Crippen molar-refractivity contribution in [1.82, 2.24) is 0 Å². The van der Waals surface area contributed by atoms with Crippen LogP contribution in [0.25, 0.3) is 0 Å². The maximum absolute atomic E-state index is 12.5. The highest BCUT2D eigenvalue weighted by Gasteiger charge is 2.28. The van der Waals surface area contributed by atoms with Gasteiger partial charge in [-0.15, -0.1) is 0 Å². The minimum Gasteiger partial charge on any atom is -0.373 e. The zero-order valence-electron chi connectivity index (χ0n) is 11.6. The number of rotatable bonds is 12. The summed E-state index contributed by atoms with van der Waals surface area (Å²) in [6.07, 6.45) is 4.65. The van der Waals surface area contributed by atoms with Gasteiger partial charge < -0.3 is 4.74 Å². The fourth-order valence-electron chi connectivity index (χ4n) is 1.28. The Hall–Kier alpha value is -0.980. The fourth-order valence-corrected chi connectivity index (χ4v) is 1.28. The van der Waals surface area contributed by atoms with Crippen LogP contribution in [0.5, 0.6) is 0 Å². The molecule has 0 atom stereocenters. The number of hydrogen-bond acceptors (Lipinski definition) is 1. The second-order valence-corrected chi connectivity index (χ2v) is 4.87. The van der Waals surface area contributed by atoms with Gasteiger partial charge in [-0.25, -0.2) is 26.3 Å². The van der Waals surface area contributed by atoms with Crippen molar-refractivity contribution in [3.63, 3.8) is 0 Å². The van der Waals surface area contributed by atoms with Gasteiger partial charge in [0, 0.05) is 0 Å². The highest BCUT2D eigenvalue weighted by atomic mass is 19.2. The molecule has 0 saturated heterocycles. The number of ether oxygens (including phenoxy) is 1. The van der Waals surface area contributed by atoms with Crippen LogP contribution in [0.1, 0.15) is 0 Å². The fraction of sp³-hybridized carbons (Fsp3) is 0.714. The van der Waals surface area contributed by atoms with Crippen LogP contribution >= 0.6 is 0 Å². The molecule has 0 fully saturated rings. The molecule has 0 aromatic carbocycles. The van der Waals surface area contributed by atoms with Gasteiger partial charge in [-0.2, -0.15) is 0 Å². The summed E-state index contributed by atoms with van der Waals surface area (Å²) in [6, 6.07) is 0. The highest BCUT2D eigenvalue weighted by molar-refractivity contribution is 5.01. The number of hydrogen-bond donors (Lipinski definition) is 0. The van der Waals surface area contributed by atoms with Crippen LogP contribution in [0.4, 0.5) is 26.3 Å². The third kappa shape index (κ3) is 6.54. The standard InChI is InChI=1S/C14H20F6O/c15-7-13(8-16,9-17)3-1-5-21-6-2-4-14(10-18,11-19)12-20/h1-4H,5-12H2. The van der Waals surface area contributed by atoms with E-state index in [2.05, 4.69) is 0 Å². The smallest absolute Gasteiger partial charge is 0.104 e. The van der Waals surface area contributed by atoms with Crippen molar-refractivity contribution in [1.29, 1.82) is 0 Å². The molecular formula is C14H20F6O. The quantitative estimate of drug-likeness (QED) is 0.301. The Morgan fingerprint density at radius 3 is 1.10 bits per heavy atom. The molecule has 0 bridgehead atoms. The van der Waals surface area contributed by atoms with E-state index in [9.17, 15) is 26.3 Å². The van der Waals surface area contributed by atoms with Crippen LogP contribution in [-0.4, -0.2) is 53.3 Å². The predicted octanol–water partition coefficient (Wildman–Crippen LogP) is 3.91. The first-order valence-corrected chi connectivity index (χ1v) is 6.36. The predicted molar refractivity (Wildman–Crippen MR) is 69.8 cm³/mol. The van der Waals surface area contributed by atoms with Gasteiger partial charge in [0.1, 0.15) is 40.0 Å². The van der Waals surface area contributed by atoms with Crippen LogP contribution in [0.3, 0.4) is 0 Å². The van der Waals surface area contributed by atoms with Gasteiger partial charge in [-0.3, -0.25) is 0 Å². The monoisotopic (exact) mass is 318 g/mol. The first kappa shape index (κ1) is 20.0. The summed E-state index contributed by atoms with van der Waals surface area (Å²) in [7, 11) is 0. The molecule has 1 nitrogen and oxygen atoms in total. The van der Waals surface area contributed by atoms with Crippen molar-refractivity contribution in [2.45, 2.75) is 0 Å². The van der Waals surface area contributed by atoms with Crippen molar-refractivity contribution in [3.8, 4) is 0 Å². The van der Waals surface area contributed by atoms with Gasteiger partial charge in [0.2, 0.25) is 0 Å². The van der Waals surface area contributed by atoms with E-state index in [-0.39, 0.29) is 13.2 Å². The Balaban J connectivity index is 4.17. The number of allylic oxidation sites excluding steroid dienone is 2. The summed E-state index contributed by atoms with van der Waals surface area (Å²) >= 11 is 0. The zero-order chi connectivity index (χ0) is 16.2. The normalized spacial score (nSPS) is 13.6. The molecule has 0 aromatic heterocycles. The summed E-state index contributed by atoms with van der Waals surface area (Å²) in [5.41, 5.74) is -3.55. The van der Waals surface area contributed by atoms with Gasteiger partial charge >= 0.3 is 0 Å². The number of alkyl halides is 6. The zero-order valence-corrected chi connectivity index (χ0v) is 11.6. The van der Waals surface area contributed by atoms with E-state index in [0.29, 0.717) is 0 Å². The van der Waals surface area contributed by atoms with Gasteiger partial charge in [-0.05, 0) is 0 Å². The molecule has 0 heterocycles. The Morgan fingerprint density at radius 1 is 0.571 bits per heavy atom. The largest absolute Gasteiger partial charge is 0.373 e. The lowest BCUT2D eigenvalue weighted by Crippen LogP contribution is -2.26. The second kappa shape index (κ2) is 10.7. The van der Waals surface area contributed by atoms with Gasteiger partial charge in [0.05, 0.1) is 24.0 Å². The Bertz CT molecular complexity index is 264. The van der Waals surface area contributed by atoms with E-state index in [0.717, 1.165) is 12.2 Å². The van der Waals surface area contributed by atoms with Crippen molar-refractivity contribution in [3.05, 3.63) is 24.3 Å². The van der Waals surface area contributed by atoms with Crippen LogP contribution < -0.4 is 0 Å². The molecule has 0 rings (SSSR count). The average molecular weight is 318 g/mol. The van der Waals surface area contributed by atoms with Crippen molar-refractivity contribution in [2.24, 2.45) is 10.8 Å². The summed E-state index contributed by atoms with van der Waals surface area (Å²) in [4.78, 5) is 0. The first-order chi connectivity index (χ1) is 10.1. The van der Waals surface area contributed by atoms with E-state index in [1.165, 1.54) is 12.2 Å². The molecule has 0 amide bonds. The van der Waals surface area contributed by atoms with Gasteiger partial charge in [-0.1, -0.05) is 24.3 Å². The third-order valence-corrected chi connectivity index (χ3v) is 2.97. The highest BCUT2D eigenvalue weighted by Crippen LogP contribution is 2.22. The lowest BCUT2D eigenvalue weighted by atomic mass is 9.93. The number of halogens is 6. The minimum atomic E-state index is -1.77. The SMILES string of the molecule is FCC(C=CCOCC=CC(CF)(CF)CF)(CF)CF. The Morgan fingerprint density at radius 2 is 0.857 bits per heavy atom. The third-order valence-electron chi connectivity index (χ3n) is 2.97. The van der Waals surface area contributed by atoms with E-state index in [1.54, 1.807) is 0 Å². The molecule has 0 N–H and O–H groups in total. The molecular weight excluding hydrogens is 298 g/mol. The summed E-state index contributed by atoms with van der Waals surface area (Å²) in [5.74, 6) is 0.